The predicted molar refractivity (Wildman–Crippen MR) is 85.3 cm³/mol. The summed E-state index contributed by atoms with van der Waals surface area (Å²) in [7, 11) is 0. The molecule has 3 nitrogen and oxygen atoms in total. The van der Waals surface area contributed by atoms with E-state index in [1.54, 1.807) is 6.07 Å². The van der Waals surface area contributed by atoms with Gasteiger partial charge in [-0.2, -0.15) is 5.26 Å². The molecule has 1 aliphatic heterocycles. The van der Waals surface area contributed by atoms with Crippen molar-refractivity contribution >= 4 is 0 Å². The van der Waals surface area contributed by atoms with Crippen molar-refractivity contribution in [1.29, 1.82) is 5.26 Å². The van der Waals surface area contributed by atoms with Crippen LogP contribution in [0.25, 0.3) is 0 Å². The molecule has 114 valence electrons. The van der Waals surface area contributed by atoms with Gasteiger partial charge < -0.3 is 9.64 Å². The van der Waals surface area contributed by atoms with Crippen molar-refractivity contribution in [2.75, 3.05) is 26.2 Å². The Hall–Kier alpha value is -1.53. The number of nitrogens with zero attached hydrogens (tertiary/aromatic N) is 2. The second-order valence-electron chi connectivity index (χ2n) is 5.88. The average Bonchev–Trinajstić information content (AvgIpc) is 2.54. The van der Waals surface area contributed by atoms with Gasteiger partial charge in [0.15, 0.2) is 0 Å². The smallest absolute Gasteiger partial charge is 0.137 e. The number of hydrogen-bond acceptors (Lipinski definition) is 3. The Morgan fingerprint density at radius 3 is 2.76 bits per heavy atom. The predicted octanol–water partition coefficient (Wildman–Crippen LogP) is 3.84. The number of piperidine rings is 1. The monoisotopic (exact) mass is 286 g/mol. The zero-order valence-electron chi connectivity index (χ0n) is 13.1. The molecule has 1 aromatic rings. The van der Waals surface area contributed by atoms with Gasteiger partial charge in [-0.1, -0.05) is 31.9 Å². The summed E-state index contributed by atoms with van der Waals surface area (Å²) in [6, 6.07) is 9.61. The molecule has 1 heterocycles. The highest BCUT2D eigenvalue weighted by molar-refractivity contribution is 5.42. The number of para-hydroxylation sites is 1. The number of ether oxygens (including phenoxy) is 1. The van der Waals surface area contributed by atoms with Crippen LogP contribution in [-0.2, 0) is 0 Å². The van der Waals surface area contributed by atoms with Crippen molar-refractivity contribution in [2.45, 2.75) is 39.0 Å². The van der Waals surface area contributed by atoms with Crippen molar-refractivity contribution in [2.24, 2.45) is 5.92 Å². The Kier molecular flexibility index (Phi) is 6.56. The lowest BCUT2D eigenvalue weighted by Crippen LogP contribution is -2.34. The van der Waals surface area contributed by atoms with Gasteiger partial charge in [-0.15, -0.1) is 0 Å². The summed E-state index contributed by atoms with van der Waals surface area (Å²) in [6.07, 6.45) is 6.44. The first-order valence-corrected chi connectivity index (χ1v) is 8.17. The summed E-state index contributed by atoms with van der Waals surface area (Å²) in [4.78, 5) is 2.55. The number of rotatable bonds is 7. The molecular formula is C18H26N2O. The van der Waals surface area contributed by atoms with E-state index in [0.29, 0.717) is 17.9 Å². The van der Waals surface area contributed by atoms with Gasteiger partial charge in [0.25, 0.3) is 0 Å². The third kappa shape index (κ3) is 5.06. The topological polar surface area (TPSA) is 36.3 Å². The van der Waals surface area contributed by atoms with Crippen molar-refractivity contribution in [1.82, 2.24) is 4.90 Å². The molecule has 2 rings (SSSR count). The van der Waals surface area contributed by atoms with Crippen LogP contribution in [-0.4, -0.2) is 31.1 Å². The number of likely N-dealkylation sites (tertiary alicyclic amines) is 1. The lowest BCUT2D eigenvalue weighted by Gasteiger charge is -2.31. The summed E-state index contributed by atoms with van der Waals surface area (Å²) in [6.45, 7) is 6.54. The summed E-state index contributed by atoms with van der Waals surface area (Å²) >= 11 is 0. The lowest BCUT2D eigenvalue weighted by molar-refractivity contribution is 0.166. The minimum atomic E-state index is 0.623. The Labute approximate surface area is 128 Å². The van der Waals surface area contributed by atoms with Crippen LogP contribution in [0.1, 0.15) is 44.6 Å². The Balaban J connectivity index is 1.63. The quantitative estimate of drug-likeness (QED) is 0.715. The average molecular weight is 286 g/mol. The molecular weight excluding hydrogens is 260 g/mol. The van der Waals surface area contributed by atoms with Gasteiger partial charge in [0.1, 0.15) is 11.8 Å². The van der Waals surface area contributed by atoms with E-state index in [9.17, 15) is 0 Å². The summed E-state index contributed by atoms with van der Waals surface area (Å²) < 4.78 is 5.73. The van der Waals surface area contributed by atoms with E-state index in [-0.39, 0.29) is 0 Å². The van der Waals surface area contributed by atoms with Gasteiger partial charge in [0.2, 0.25) is 0 Å². The van der Waals surface area contributed by atoms with E-state index in [2.05, 4.69) is 17.9 Å². The van der Waals surface area contributed by atoms with Crippen LogP contribution in [0.3, 0.4) is 0 Å². The van der Waals surface area contributed by atoms with E-state index in [4.69, 9.17) is 10.00 Å². The van der Waals surface area contributed by atoms with Crippen LogP contribution in [0, 0.1) is 17.2 Å². The standard InChI is InChI=1S/C18H26N2O/c1-2-6-16-9-12-20(13-10-16)11-5-14-21-18-8-4-3-7-17(18)15-19/h3-4,7-8,16H,2,5-6,9-14H2,1H3. The second-order valence-corrected chi connectivity index (χ2v) is 5.88. The molecule has 0 spiro atoms. The molecule has 0 atom stereocenters. The Bertz CT molecular complexity index is 459. The Morgan fingerprint density at radius 1 is 1.29 bits per heavy atom. The number of hydrogen-bond donors (Lipinski definition) is 0. The van der Waals surface area contributed by atoms with E-state index in [0.717, 1.165) is 18.9 Å². The van der Waals surface area contributed by atoms with Gasteiger partial charge in [0, 0.05) is 6.54 Å². The highest BCUT2D eigenvalue weighted by Gasteiger charge is 2.17. The van der Waals surface area contributed by atoms with Crippen LogP contribution < -0.4 is 4.74 Å². The summed E-state index contributed by atoms with van der Waals surface area (Å²) in [5.41, 5.74) is 0.623. The number of benzene rings is 1. The molecule has 0 radical (unpaired) electrons. The highest BCUT2D eigenvalue weighted by Crippen LogP contribution is 2.22. The van der Waals surface area contributed by atoms with Gasteiger partial charge >= 0.3 is 0 Å². The molecule has 0 bridgehead atoms. The van der Waals surface area contributed by atoms with Gasteiger partial charge in [0.05, 0.1) is 12.2 Å². The molecule has 0 aromatic heterocycles. The van der Waals surface area contributed by atoms with Crippen LogP contribution in [0.2, 0.25) is 0 Å². The van der Waals surface area contributed by atoms with Crippen molar-refractivity contribution < 1.29 is 4.74 Å². The summed E-state index contributed by atoms with van der Waals surface area (Å²) in [5, 5.41) is 9.01. The summed E-state index contributed by atoms with van der Waals surface area (Å²) in [5.74, 6) is 1.66. The van der Waals surface area contributed by atoms with Crippen LogP contribution in [0.15, 0.2) is 24.3 Å². The van der Waals surface area contributed by atoms with Crippen molar-refractivity contribution in [3.05, 3.63) is 29.8 Å². The van der Waals surface area contributed by atoms with E-state index >= 15 is 0 Å². The van der Waals surface area contributed by atoms with E-state index in [1.807, 2.05) is 18.2 Å². The zero-order chi connectivity index (χ0) is 14.9. The fourth-order valence-corrected chi connectivity index (χ4v) is 3.06. The van der Waals surface area contributed by atoms with Gasteiger partial charge in [-0.25, -0.2) is 0 Å². The Morgan fingerprint density at radius 2 is 2.05 bits per heavy atom. The van der Waals surface area contributed by atoms with Crippen molar-refractivity contribution in [3.63, 3.8) is 0 Å². The third-order valence-electron chi connectivity index (χ3n) is 4.29. The molecule has 0 N–H and O–H groups in total. The zero-order valence-corrected chi connectivity index (χ0v) is 13.1. The van der Waals surface area contributed by atoms with Gasteiger partial charge in [-0.3, -0.25) is 0 Å². The molecule has 0 unspecified atom stereocenters. The first-order chi connectivity index (χ1) is 10.3. The molecule has 0 aliphatic carbocycles. The normalized spacial score (nSPS) is 16.6. The molecule has 1 aromatic carbocycles. The first kappa shape index (κ1) is 15.9. The minimum Gasteiger partial charge on any atom is -0.492 e. The highest BCUT2D eigenvalue weighted by atomic mass is 16.5. The second kappa shape index (κ2) is 8.69. The third-order valence-corrected chi connectivity index (χ3v) is 4.29. The van der Waals surface area contributed by atoms with E-state index in [1.165, 1.54) is 38.8 Å². The molecule has 1 saturated heterocycles. The largest absolute Gasteiger partial charge is 0.492 e. The maximum atomic E-state index is 9.01. The van der Waals surface area contributed by atoms with Crippen LogP contribution in [0.5, 0.6) is 5.75 Å². The van der Waals surface area contributed by atoms with E-state index < -0.39 is 0 Å². The van der Waals surface area contributed by atoms with Crippen LogP contribution >= 0.6 is 0 Å². The van der Waals surface area contributed by atoms with Crippen molar-refractivity contribution in [3.8, 4) is 11.8 Å². The first-order valence-electron chi connectivity index (χ1n) is 8.17. The fraction of sp³-hybridized carbons (Fsp3) is 0.611. The minimum absolute atomic E-state index is 0.623. The molecule has 0 amide bonds. The molecule has 0 saturated carbocycles. The molecule has 3 heteroatoms. The molecule has 21 heavy (non-hydrogen) atoms. The molecule has 1 aliphatic rings. The maximum Gasteiger partial charge on any atom is 0.137 e. The molecule has 1 fully saturated rings. The lowest BCUT2D eigenvalue weighted by atomic mass is 9.92. The maximum absolute atomic E-state index is 9.01. The SMILES string of the molecule is CCCC1CCN(CCCOc2ccccc2C#N)CC1. The van der Waals surface area contributed by atoms with Gasteiger partial charge in [-0.05, 0) is 50.4 Å². The fourth-order valence-electron chi connectivity index (χ4n) is 3.06. The van der Waals surface area contributed by atoms with Crippen LogP contribution in [0.4, 0.5) is 0 Å². The number of nitriles is 1.